The Balaban J connectivity index is 1.25. The van der Waals surface area contributed by atoms with Gasteiger partial charge in [0.2, 0.25) is 0 Å². The molecule has 0 amide bonds. The number of rotatable bonds is 9. The molecule has 0 fully saturated rings. The molecule has 9 aromatic rings. The number of para-hydroxylation sites is 3. The topological polar surface area (TPSA) is 9.72 Å². The van der Waals surface area contributed by atoms with Crippen LogP contribution < -0.4 is 14.7 Å². The van der Waals surface area contributed by atoms with E-state index in [1.807, 2.05) is 0 Å². The minimum atomic E-state index is -0.695. The average Bonchev–Trinajstić information content (AvgIpc) is 3.37. The predicted octanol–water partition coefficient (Wildman–Crippen LogP) is 18.5. The molecule has 0 unspecified atom stereocenters. The third-order valence-corrected chi connectivity index (χ3v) is 15.7. The second-order valence-electron chi connectivity index (χ2n) is 19.9. The lowest BCUT2D eigenvalue weighted by Gasteiger charge is -2.46. The molecule has 3 nitrogen and oxygen atoms in total. The van der Waals surface area contributed by atoms with Gasteiger partial charge in [-0.25, -0.2) is 0 Å². The maximum atomic E-state index is 2.53. The Morgan fingerprint density at radius 3 is 0.900 bits per heavy atom. The van der Waals surface area contributed by atoms with Crippen molar-refractivity contribution in [3.8, 4) is 0 Å². The Bertz CT molecular complexity index is 3120. The van der Waals surface area contributed by atoms with E-state index in [2.05, 4.69) is 274 Å². The summed E-state index contributed by atoms with van der Waals surface area (Å²) in [5.74, 6) is 0. The van der Waals surface area contributed by atoms with Crippen molar-refractivity contribution >= 4 is 51.2 Å². The Labute approximate surface area is 417 Å². The van der Waals surface area contributed by atoms with E-state index >= 15 is 0 Å². The van der Waals surface area contributed by atoms with Crippen molar-refractivity contribution in [2.75, 3.05) is 14.7 Å². The van der Waals surface area contributed by atoms with Crippen molar-refractivity contribution in [3.63, 3.8) is 0 Å². The third kappa shape index (κ3) is 7.33. The average molecular weight is 912 g/mol. The highest BCUT2D eigenvalue weighted by atomic mass is 15.2. The highest BCUT2D eigenvalue weighted by Gasteiger charge is 2.46. The Morgan fingerprint density at radius 1 is 0.286 bits per heavy atom. The van der Waals surface area contributed by atoms with Crippen LogP contribution in [0.15, 0.2) is 176 Å². The summed E-state index contributed by atoms with van der Waals surface area (Å²) in [5.41, 5.74) is 30.2. The molecule has 0 saturated carbocycles. The highest BCUT2D eigenvalue weighted by molar-refractivity contribution is 5.91. The van der Waals surface area contributed by atoms with Crippen LogP contribution in [0.1, 0.15) is 89.0 Å². The van der Waals surface area contributed by atoms with E-state index in [1.54, 1.807) is 0 Å². The second-order valence-corrected chi connectivity index (χ2v) is 19.9. The normalized spacial score (nSPS) is 12.7. The van der Waals surface area contributed by atoms with E-state index in [-0.39, 0.29) is 0 Å². The molecule has 0 aliphatic carbocycles. The maximum Gasteiger partial charge on any atom is 0.0742 e. The summed E-state index contributed by atoms with van der Waals surface area (Å²) in [4.78, 5) is 7.51. The zero-order valence-electron chi connectivity index (χ0n) is 43.1. The quantitative estimate of drug-likeness (QED) is 0.143. The second kappa shape index (κ2) is 18.0. The van der Waals surface area contributed by atoms with Crippen molar-refractivity contribution in [3.05, 3.63) is 265 Å². The zero-order chi connectivity index (χ0) is 49.2. The van der Waals surface area contributed by atoms with E-state index in [1.165, 1.54) is 112 Å². The molecule has 0 aromatic heterocycles. The van der Waals surface area contributed by atoms with Gasteiger partial charge in [-0.15, -0.1) is 0 Å². The smallest absolute Gasteiger partial charge is 0.0742 e. The fourth-order valence-corrected chi connectivity index (χ4v) is 11.5. The van der Waals surface area contributed by atoms with Gasteiger partial charge in [-0.2, -0.15) is 0 Å². The number of aryl methyl sites for hydroxylation is 8. The molecule has 1 aliphatic heterocycles. The number of nitrogens with zero attached hydrogens (tertiary/aromatic N) is 3. The van der Waals surface area contributed by atoms with Gasteiger partial charge in [0.1, 0.15) is 0 Å². The molecule has 0 N–H and O–H groups in total. The van der Waals surface area contributed by atoms with Gasteiger partial charge in [0.25, 0.3) is 0 Å². The van der Waals surface area contributed by atoms with Crippen LogP contribution in [0, 0.1) is 83.1 Å². The van der Waals surface area contributed by atoms with Crippen LogP contribution in [-0.2, 0) is 5.41 Å². The van der Waals surface area contributed by atoms with E-state index < -0.39 is 5.41 Å². The van der Waals surface area contributed by atoms with Gasteiger partial charge in [0.05, 0.1) is 39.5 Å². The molecule has 0 saturated heterocycles. The van der Waals surface area contributed by atoms with Gasteiger partial charge in [-0.05, 0) is 221 Å². The highest BCUT2D eigenvalue weighted by Crippen LogP contribution is 2.58. The maximum absolute atomic E-state index is 2.53. The molecular formula is C67H65N3. The molecule has 3 heteroatoms. The molecule has 70 heavy (non-hydrogen) atoms. The van der Waals surface area contributed by atoms with Crippen molar-refractivity contribution < 1.29 is 0 Å². The van der Waals surface area contributed by atoms with Gasteiger partial charge in [0, 0.05) is 17.1 Å². The first kappa shape index (κ1) is 46.1. The molecule has 0 atom stereocenters. The number of fused-ring (bicyclic) bond motifs is 2. The van der Waals surface area contributed by atoms with Crippen molar-refractivity contribution in [2.24, 2.45) is 0 Å². The van der Waals surface area contributed by atoms with Crippen molar-refractivity contribution in [1.29, 1.82) is 0 Å². The summed E-state index contributed by atoms with van der Waals surface area (Å²) < 4.78 is 0. The summed E-state index contributed by atoms with van der Waals surface area (Å²) in [6, 6.07) is 66.2. The van der Waals surface area contributed by atoms with Crippen LogP contribution >= 0.6 is 0 Å². The van der Waals surface area contributed by atoms with Crippen molar-refractivity contribution in [1.82, 2.24) is 0 Å². The molecule has 0 bridgehead atoms. The van der Waals surface area contributed by atoms with Crippen LogP contribution in [0.4, 0.5) is 51.2 Å². The molecule has 1 heterocycles. The van der Waals surface area contributed by atoms with Gasteiger partial charge >= 0.3 is 0 Å². The van der Waals surface area contributed by atoms with Gasteiger partial charge in [-0.3, -0.25) is 0 Å². The minimum absolute atomic E-state index is 0.695. The first-order chi connectivity index (χ1) is 33.7. The van der Waals surface area contributed by atoms with Crippen LogP contribution in [0.3, 0.4) is 0 Å². The summed E-state index contributed by atoms with van der Waals surface area (Å²) in [7, 11) is 0. The van der Waals surface area contributed by atoms with Crippen LogP contribution in [0.5, 0.6) is 0 Å². The summed E-state index contributed by atoms with van der Waals surface area (Å²) in [6.07, 6.45) is 0. The van der Waals surface area contributed by atoms with E-state index in [9.17, 15) is 0 Å². The molecule has 9 aromatic carbocycles. The molecular weight excluding hydrogens is 847 g/mol. The lowest BCUT2D eigenvalue weighted by molar-refractivity contribution is 0.731. The predicted molar refractivity (Wildman–Crippen MR) is 299 cm³/mol. The van der Waals surface area contributed by atoms with Crippen LogP contribution in [-0.4, -0.2) is 0 Å². The Hall–Kier alpha value is -7.62. The first-order valence-electron chi connectivity index (χ1n) is 24.9. The third-order valence-electron chi connectivity index (χ3n) is 15.7. The largest absolute Gasteiger partial charge is 0.310 e. The SMILES string of the molecule is Cc1ccc(C)c(N(c2ccc(C3(c4ccc(N(c5c(C)ccc(C)c5C)c5c(C)ccc(C)c5C)cc4)c4ccccc4N(c4ccccc4)c4ccccc43)cc2)c2c(C)ccc(C)c2C)c1C. The Morgan fingerprint density at radius 2 is 0.571 bits per heavy atom. The molecule has 0 spiro atoms. The lowest BCUT2D eigenvalue weighted by atomic mass is 9.62. The standard InChI is InChI=1S/C67H65N3/c1-42-26-30-46(5)63(50(42)9)69(64-47(6)31-27-43(2)51(64)10)57-38-34-54(35-39-57)67(59-22-16-18-24-61(59)68(56-20-14-13-15-21-56)62-25-19-17-23-60(62)67)55-36-40-58(41-37-55)70(65-48(7)32-28-44(3)52(65)11)66-49(8)33-29-45(4)53(66)12/h13-41H,1-12H3. The van der Waals surface area contributed by atoms with E-state index in [0.717, 1.165) is 28.4 Å². The van der Waals surface area contributed by atoms with Crippen molar-refractivity contribution in [2.45, 2.75) is 88.5 Å². The summed E-state index contributed by atoms with van der Waals surface area (Å²) in [6.45, 7) is 27.0. The number of hydrogen-bond donors (Lipinski definition) is 0. The van der Waals surface area contributed by atoms with Crippen LogP contribution in [0.2, 0.25) is 0 Å². The Kier molecular flexibility index (Phi) is 11.9. The summed E-state index contributed by atoms with van der Waals surface area (Å²) >= 11 is 0. The summed E-state index contributed by atoms with van der Waals surface area (Å²) in [5, 5.41) is 0. The number of anilines is 9. The monoisotopic (exact) mass is 912 g/mol. The van der Waals surface area contributed by atoms with Gasteiger partial charge in [0.15, 0.2) is 0 Å². The van der Waals surface area contributed by atoms with Crippen LogP contribution in [0.25, 0.3) is 0 Å². The first-order valence-corrected chi connectivity index (χ1v) is 24.9. The van der Waals surface area contributed by atoms with E-state index in [4.69, 9.17) is 0 Å². The molecule has 1 aliphatic rings. The van der Waals surface area contributed by atoms with Gasteiger partial charge < -0.3 is 14.7 Å². The fourth-order valence-electron chi connectivity index (χ4n) is 11.5. The molecule has 10 rings (SSSR count). The lowest BCUT2D eigenvalue weighted by Crippen LogP contribution is -2.37. The number of benzene rings is 9. The fraction of sp³-hybridized carbons (Fsp3) is 0.194. The number of hydrogen-bond acceptors (Lipinski definition) is 3. The molecule has 348 valence electrons. The molecule has 0 radical (unpaired) electrons. The van der Waals surface area contributed by atoms with E-state index in [0.29, 0.717) is 0 Å². The zero-order valence-corrected chi connectivity index (χ0v) is 43.1. The van der Waals surface area contributed by atoms with Gasteiger partial charge in [-0.1, -0.05) is 127 Å². The minimum Gasteiger partial charge on any atom is -0.310 e.